The molecule has 11 heteroatoms. The van der Waals surface area contributed by atoms with Gasteiger partial charge in [-0.05, 0) is 32.9 Å². The molecule has 1 heterocycles. The lowest BCUT2D eigenvalue weighted by Gasteiger charge is -2.19. The van der Waals surface area contributed by atoms with Crippen LogP contribution in [0.5, 0.6) is 5.75 Å². The van der Waals surface area contributed by atoms with Crippen LogP contribution in [-0.4, -0.2) is 70.9 Å². The minimum atomic E-state index is -3.50. The van der Waals surface area contributed by atoms with Gasteiger partial charge >= 0.3 is 6.09 Å². The van der Waals surface area contributed by atoms with E-state index in [1.807, 2.05) is 0 Å². The minimum absolute atomic E-state index is 0.116. The van der Waals surface area contributed by atoms with Gasteiger partial charge in [0.05, 0.1) is 44.6 Å². The Hall–Kier alpha value is -1.95. The first-order valence-electron chi connectivity index (χ1n) is 9.10. The third kappa shape index (κ3) is 14.7. The summed E-state index contributed by atoms with van der Waals surface area (Å²) in [6, 6.07) is 3.30. The number of rotatable bonds is 13. The number of hydrogen-bond acceptors (Lipinski definition) is 9. The van der Waals surface area contributed by atoms with E-state index in [4.69, 9.17) is 18.9 Å². The van der Waals surface area contributed by atoms with Crippen LogP contribution in [-0.2, 0) is 35.1 Å². The molecular formula is C18H30N2O8S. The molecule has 0 unspecified atom stereocenters. The molecule has 0 aliphatic heterocycles. The molecule has 29 heavy (non-hydrogen) atoms. The summed E-state index contributed by atoms with van der Waals surface area (Å²) >= 11 is 0. The number of carbonyl (C=O) groups is 1. The van der Waals surface area contributed by atoms with Gasteiger partial charge in [0.1, 0.15) is 24.6 Å². The first-order chi connectivity index (χ1) is 13.6. The number of ether oxygens (including phenoxy) is 4. The Morgan fingerprint density at radius 2 is 1.72 bits per heavy atom. The average molecular weight is 435 g/mol. The van der Waals surface area contributed by atoms with Crippen LogP contribution in [0.1, 0.15) is 26.5 Å². The van der Waals surface area contributed by atoms with E-state index in [9.17, 15) is 13.2 Å². The molecule has 0 radical (unpaired) electrons. The fraction of sp³-hybridized carbons (Fsp3) is 0.667. The maximum Gasteiger partial charge on any atom is 0.407 e. The molecule has 0 aliphatic rings. The Morgan fingerprint density at radius 3 is 2.31 bits per heavy atom. The van der Waals surface area contributed by atoms with Crippen molar-refractivity contribution < 1.29 is 36.3 Å². The fourth-order valence-electron chi connectivity index (χ4n) is 1.83. The maximum absolute atomic E-state index is 11.4. The van der Waals surface area contributed by atoms with E-state index in [0.29, 0.717) is 51.0 Å². The second-order valence-corrected chi connectivity index (χ2v) is 8.60. The van der Waals surface area contributed by atoms with E-state index >= 15 is 0 Å². The first-order valence-corrected chi connectivity index (χ1v) is 10.9. The summed E-state index contributed by atoms with van der Waals surface area (Å²) in [4.78, 5) is 15.5. The molecule has 10 nitrogen and oxygen atoms in total. The lowest BCUT2D eigenvalue weighted by Crippen LogP contribution is -2.34. The average Bonchev–Trinajstić information content (AvgIpc) is 2.60. The molecule has 1 rings (SSSR count). The van der Waals surface area contributed by atoms with Crippen LogP contribution in [0.2, 0.25) is 0 Å². The molecule has 166 valence electrons. The molecule has 0 aliphatic carbocycles. The number of alkyl carbamates (subject to hydrolysis) is 1. The van der Waals surface area contributed by atoms with Gasteiger partial charge in [0.15, 0.2) is 0 Å². The SMILES string of the molecule is CC(C)(C)OC(=O)NCCOCCOCCOc1ccc(COS(C)(=O)=O)nc1. The zero-order chi connectivity index (χ0) is 21.8. The summed E-state index contributed by atoms with van der Waals surface area (Å²) in [5.41, 5.74) is -0.0386. The summed E-state index contributed by atoms with van der Waals surface area (Å²) < 4.78 is 47.8. The summed E-state index contributed by atoms with van der Waals surface area (Å²) in [6.07, 6.45) is 2.00. The fourth-order valence-corrected chi connectivity index (χ4v) is 2.16. The highest BCUT2D eigenvalue weighted by molar-refractivity contribution is 7.85. The van der Waals surface area contributed by atoms with Gasteiger partial charge in [-0.15, -0.1) is 0 Å². The lowest BCUT2D eigenvalue weighted by molar-refractivity contribution is 0.0327. The quantitative estimate of drug-likeness (QED) is 0.363. The highest BCUT2D eigenvalue weighted by atomic mass is 32.2. The predicted molar refractivity (Wildman–Crippen MR) is 105 cm³/mol. The zero-order valence-electron chi connectivity index (χ0n) is 17.3. The number of hydrogen-bond donors (Lipinski definition) is 1. The number of pyridine rings is 1. The third-order valence-electron chi connectivity index (χ3n) is 3.00. The molecule has 0 aromatic carbocycles. The van der Waals surface area contributed by atoms with Crippen molar-refractivity contribution in [1.82, 2.24) is 10.3 Å². The second-order valence-electron chi connectivity index (χ2n) is 6.95. The molecule has 0 spiro atoms. The van der Waals surface area contributed by atoms with E-state index in [-0.39, 0.29) is 6.61 Å². The molecule has 0 saturated heterocycles. The van der Waals surface area contributed by atoms with Gasteiger partial charge in [-0.3, -0.25) is 9.17 Å². The molecule has 1 amide bonds. The van der Waals surface area contributed by atoms with E-state index in [1.54, 1.807) is 32.9 Å². The molecule has 0 atom stereocenters. The van der Waals surface area contributed by atoms with Crippen molar-refractivity contribution in [3.8, 4) is 5.75 Å². The van der Waals surface area contributed by atoms with Gasteiger partial charge in [-0.1, -0.05) is 0 Å². The van der Waals surface area contributed by atoms with Gasteiger partial charge < -0.3 is 24.3 Å². The van der Waals surface area contributed by atoms with Gasteiger partial charge in [0, 0.05) is 6.54 Å². The van der Waals surface area contributed by atoms with Gasteiger partial charge in [-0.2, -0.15) is 8.42 Å². The van der Waals surface area contributed by atoms with Crippen LogP contribution < -0.4 is 10.1 Å². The highest BCUT2D eigenvalue weighted by Gasteiger charge is 2.15. The first kappa shape index (κ1) is 25.1. The number of nitrogens with one attached hydrogen (secondary N) is 1. The molecule has 0 bridgehead atoms. The van der Waals surface area contributed by atoms with Crippen LogP contribution in [0.4, 0.5) is 4.79 Å². The third-order valence-corrected chi connectivity index (χ3v) is 3.55. The molecule has 0 fully saturated rings. The number of amides is 1. The van der Waals surface area contributed by atoms with Crippen molar-refractivity contribution >= 4 is 16.2 Å². The zero-order valence-corrected chi connectivity index (χ0v) is 18.1. The number of nitrogens with zero attached hydrogens (tertiary/aromatic N) is 1. The van der Waals surface area contributed by atoms with E-state index < -0.39 is 21.8 Å². The second kappa shape index (κ2) is 12.6. The Balaban J connectivity index is 2.00. The minimum Gasteiger partial charge on any atom is -0.490 e. The summed E-state index contributed by atoms with van der Waals surface area (Å²) in [5, 5.41) is 2.60. The topological polar surface area (TPSA) is 122 Å². The smallest absolute Gasteiger partial charge is 0.407 e. The van der Waals surface area contributed by atoms with E-state index in [1.165, 1.54) is 6.20 Å². The van der Waals surface area contributed by atoms with Crippen LogP contribution >= 0.6 is 0 Å². The Kier molecular flexibility index (Phi) is 10.9. The van der Waals surface area contributed by atoms with Crippen LogP contribution in [0.25, 0.3) is 0 Å². The van der Waals surface area contributed by atoms with Crippen molar-refractivity contribution in [1.29, 1.82) is 0 Å². The van der Waals surface area contributed by atoms with Crippen molar-refractivity contribution in [3.63, 3.8) is 0 Å². The van der Waals surface area contributed by atoms with Gasteiger partial charge in [0.2, 0.25) is 0 Å². The van der Waals surface area contributed by atoms with Crippen molar-refractivity contribution in [3.05, 3.63) is 24.0 Å². The van der Waals surface area contributed by atoms with Crippen LogP contribution in [0.3, 0.4) is 0 Å². The molecule has 0 saturated carbocycles. The standard InChI is InChI=1S/C18H30N2O8S/c1-18(2,3)28-17(21)19-7-8-24-9-10-25-11-12-26-16-6-5-15(20-13-16)14-27-29(4,22)23/h5-6,13H,7-12,14H2,1-4H3,(H,19,21). The molecule has 1 aromatic heterocycles. The Labute approximate surface area is 172 Å². The van der Waals surface area contributed by atoms with Crippen LogP contribution in [0, 0.1) is 0 Å². The largest absolute Gasteiger partial charge is 0.490 e. The van der Waals surface area contributed by atoms with Crippen molar-refractivity contribution in [2.24, 2.45) is 0 Å². The Bertz CT molecular complexity index is 702. The maximum atomic E-state index is 11.4. The monoisotopic (exact) mass is 434 g/mol. The van der Waals surface area contributed by atoms with Crippen molar-refractivity contribution in [2.75, 3.05) is 45.8 Å². The number of aromatic nitrogens is 1. The summed E-state index contributed by atoms with van der Waals surface area (Å²) in [5.74, 6) is 0.543. The highest BCUT2D eigenvalue weighted by Crippen LogP contribution is 2.10. The van der Waals surface area contributed by atoms with Crippen LogP contribution in [0.15, 0.2) is 18.3 Å². The lowest BCUT2D eigenvalue weighted by atomic mass is 10.2. The summed E-state index contributed by atoms with van der Waals surface area (Å²) in [7, 11) is -3.50. The van der Waals surface area contributed by atoms with Crippen molar-refractivity contribution in [2.45, 2.75) is 33.0 Å². The number of carbonyl (C=O) groups excluding carboxylic acids is 1. The van der Waals surface area contributed by atoms with Gasteiger partial charge in [-0.25, -0.2) is 4.79 Å². The summed E-state index contributed by atoms with van der Waals surface area (Å²) in [6.45, 7) is 7.50. The molecule has 1 N–H and O–H groups in total. The van der Waals surface area contributed by atoms with Gasteiger partial charge in [0.25, 0.3) is 10.1 Å². The molecule has 1 aromatic rings. The predicted octanol–water partition coefficient (Wildman–Crippen LogP) is 1.49. The molecular weight excluding hydrogens is 404 g/mol. The van der Waals surface area contributed by atoms with E-state index in [2.05, 4.69) is 14.5 Å². The Morgan fingerprint density at radius 1 is 1.07 bits per heavy atom. The normalized spacial score (nSPS) is 11.9. The van der Waals surface area contributed by atoms with E-state index in [0.717, 1.165) is 6.26 Å².